The number of aromatic nitrogens is 4. The summed E-state index contributed by atoms with van der Waals surface area (Å²) in [5.41, 5.74) is 3.30. The van der Waals surface area contributed by atoms with Gasteiger partial charge in [-0.05, 0) is 67.4 Å². The van der Waals surface area contributed by atoms with Crippen LogP contribution in [-0.2, 0) is 0 Å². The van der Waals surface area contributed by atoms with Gasteiger partial charge in [0.05, 0.1) is 5.69 Å². The molecule has 6 nitrogen and oxygen atoms in total. The highest BCUT2D eigenvalue weighted by atomic mass is 15.5. The Balaban J connectivity index is 1.67. The summed E-state index contributed by atoms with van der Waals surface area (Å²) in [5, 5.41) is 14.9. The van der Waals surface area contributed by atoms with Gasteiger partial charge >= 0.3 is 0 Å². The van der Waals surface area contributed by atoms with Crippen LogP contribution in [0, 0.1) is 12.8 Å². The number of rotatable bonds is 4. The van der Waals surface area contributed by atoms with Gasteiger partial charge in [0.1, 0.15) is 6.33 Å². The monoisotopic (exact) mass is 286 g/mol. The van der Waals surface area contributed by atoms with Gasteiger partial charge < -0.3 is 10.2 Å². The molecule has 1 N–H and O–H groups in total. The minimum absolute atomic E-state index is 0.724. The van der Waals surface area contributed by atoms with Gasteiger partial charge in [-0.15, -0.1) is 5.10 Å². The smallest absolute Gasteiger partial charge is 0.143 e. The van der Waals surface area contributed by atoms with Crippen molar-refractivity contribution < 1.29 is 0 Å². The van der Waals surface area contributed by atoms with Crippen molar-refractivity contribution in [1.82, 2.24) is 25.1 Å². The van der Waals surface area contributed by atoms with Crippen molar-refractivity contribution in [2.75, 3.05) is 32.0 Å². The first-order chi connectivity index (χ1) is 10.2. The SMILES string of the molecule is Cc1ccc(NCC2CCCN(C)C2)cc1-n1cnnn1. The number of hydrogen-bond acceptors (Lipinski definition) is 5. The Morgan fingerprint density at radius 1 is 1.38 bits per heavy atom. The van der Waals surface area contributed by atoms with Crippen LogP contribution in [-0.4, -0.2) is 51.8 Å². The van der Waals surface area contributed by atoms with Crippen molar-refractivity contribution >= 4 is 5.69 Å². The van der Waals surface area contributed by atoms with E-state index in [0.717, 1.165) is 29.4 Å². The lowest BCUT2D eigenvalue weighted by Crippen LogP contribution is -2.35. The summed E-state index contributed by atoms with van der Waals surface area (Å²) in [6, 6.07) is 6.33. The van der Waals surface area contributed by atoms with Crippen LogP contribution in [0.3, 0.4) is 0 Å². The molecule has 1 unspecified atom stereocenters. The van der Waals surface area contributed by atoms with Crippen molar-refractivity contribution in [2.45, 2.75) is 19.8 Å². The van der Waals surface area contributed by atoms with Gasteiger partial charge in [0.25, 0.3) is 0 Å². The van der Waals surface area contributed by atoms with Crippen molar-refractivity contribution in [3.63, 3.8) is 0 Å². The summed E-state index contributed by atoms with van der Waals surface area (Å²) in [5.74, 6) is 0.724. The molecular formula is C15H22N6. The lowest BCUT2D eigenvalue weighted by Gasteiger charge is -2.30. The minimum atomic E-state index is 0.724. The Morgan fingerprint density at radius 2 is 2.29 bits per heavy atom. The fourth-order valence-electron chi connectivity index (χ4n) is 2.94. The van der Waals surface area contributed by atoms with Crippen LogP contribution in [0.2, 0.25) is 0 Å². The van der Waals surface area contributed by atoms with E-state index in [4.69, 9.17) is 0 Å². The van der Waals surface area contributed by atoms with E-state index < -0.39 is 0 Å². The summed E-state index contributed by atoms with van der Waals surface area (Å²) in [7, 11) is 2.20. The first-order valence-electron chi connectivity index (χ1n) is 7.49. The van der Waals surface area contributed by atoms with E-state index in [1.807, 2.05) is 0 Å². The predicted octanol–water partition coefficient (Wildman–Crippen LogP) is 1.72. The van der Waals surface area contributed by atoms with Crippen LogP contribution in [0.25, 0.3) is 5.69 Å². The van der Waals surface area contributed by atoms with Crippen molar-refractivity contribution in [2.24, 2.45) is 5.92 Å². The van der Waals surface area contributed by atoms with Gasteiger partial charge in [-0.1, -0.05) is 6.07 Å². The molecule has 2 aromatic rings. The van der Waals surface area contributed by atoms with Gasteiger partial charge in [0, 0.05) is 18.8 Å². The average molecular weight is 286 g/mol. The fourth-order valence-corrected chi connectivity index (χ4v) is 2.94. The highest BCUT2D eigenvalue weighted by Gasteiger charge is 2.16. The summed E-state index contributed by atoms with van der Waals surface area (Å²) in [6.07, 6.45) is 4.23. The highest BCUT2D eigenvalue weighted by Crippen LogP contribution is 2.20. The molecule has 1 aliphatic rings. The van der Waals surface area contributed by atoms with E-state index in [2.05, 4.69) is 57.9 Å². The first kappa shape index (κ1) is 14.0. The molecule has 0 amide bonds. The third kappa shape index (κ3) is 3.39. The Morgan fingerprint density at radius 3 is 3.05 bits per heavy atom. The molecule has 1 fully saturated rings. The molecule has 21 heavy (non-hydrogen) atoms. The van der Waals surface area contributed by atoms with Gasteiger partial charge in [0.15, 0.2) is 0 Å². The summed E-state index contributed by atoms with van der Waals surface area (Å²) >= 11 is 0. The lowest BCUT2D eigenvalue weighted by molar-refractivity contribution is 0.217. The summed E-state index contributed by atoms with van der Waals surface area (Å²) in [6.45, 7) is 5.49. The van der Waals surface area contributed by atoms with Crippen LogP contribution < -0.4 is 5.32 Å². The number of anilines is 1. The molecule has 2 heterocycles. The molecule has 0 saturated carbocycles. The number of nitrogens with zero attached hydrogens (tertiary/aromatic N) is 5. The number of piperidine rings is 1. The largest absolute Gasteiger partial charge is 0.385 e. The number of hydrogen-bond donors (Lipinski definition) is 1. The molecule has 1 aromatic heterocycles. The van der Waals surface area contributed by atoms with Crippen molar-refractivity contribution in [1.29, 1.82) is 0 Å². The molecule has 112 valence electrons. The van der Waals surface area contributed by atoms with E-state index in [-0.39, 0.29) is 0 Å². The van der Waals surface area contributed by atoms with Crippen LogP contribution in [0.5, 0.6) is 0 Å². The third-order valence-corrected chi connectivity index (χ3v) is 4.12. The van der Waals surface area contributed by atoms with Gasteiger partial charge in [-0.25, -0.2) is 4.68 Å². The maximum absolute atomic E-state index is 3.97. The predicted molar refractivity (Wildman–Crippen MR) is 82.6 cm³/mol. The van der Waals surface area contributed by atoms with Crippen LogP contribution in [0.1, 0.15) is 18.4 Å². The molecule has 1 aromatic carbocycles. The standard InChI is InChI=1S/C15H22N6/c1-12-5-6-14(8-15(12)21-11-17-18-19-21)16-9-13-4-3-7-20(2)10-13/h5-6,8,11,13,16H,3-4,7,9-10H2,1-2H3. The maximum atomic E-state index is 3.97. The second-order valence-electron chi connectivity index (χ2n) is 5.91. The minimum Gasteiger partial charge on any atom is -0.385 e. The van der Waals surface area contributed by atoms with Gasteiger partial charge in [-0.3, -0.25) is 0 Å². The van der Waals surface area contributed by atoms with E-state index >= 15 is 0 Å². The molecular weight excluding hydrogens is 264 g/mol. The fraction of sp³-hybridized carbons (Fsp3) is 0.533. The molecule has 0 bridgehead atoms. The Labute approximate surface area is 125 Å². The topological polar surface area (TPSA) is 58.9 Å². The average Bonchev–Trinajstić information content (AvgIpc) is 3.00. The van der Waals surface area contributed by atoms with Crippen molar-refractivity contribution in [3.8, 4) is 5.69 Å². The highest BCUT2D eigenvalue weighted by molar-refractivity contribution is 5.54. The molecule has 3 rings (SSSR count). The second kappa shape index (κ2) is 6.22. The van der Waals surface area contributed by atoms with E-state index in [9.17, 15) is 0 Å². The maximum Gasteiger partial charge on any atom is 0.143 e. The van der Waals surface area contributed by atoms with E-state index in [0.29, 0.717) is 0 Å². The molecule has 0 aliphatic carbocycles. The second-order valence-corrected chi connectivity index (χ2v) is 5.91. The molecule has 6 heteroatoms. The zero-order valence-corrected chi connectivity index (χ0v) is 12.7. The number of aryl methyl sites for hydroxylation is 1. The molecule has 0 radical (unpaired) electrons. The third-order valence-electron chi connectivity index (χ3n) is 4.12. The normalized spacial score (nSPS) is 19.6. The zero-order chi connectivity index (χ0) is 14.7. The Hall–Kier alpha value is -1.95. The van der Waals surface area contributed by atoms with Crippen LogP contribution in [0.4, 0.5) is 5.69 Å². The molecule has 0 spiro atoms. The molecule has 1 atom stereocenters. The number of nitrogens with one attached hydrogen (secondary N) is 1. The van der Waals surface area contributed by atoms with E-state index in [1.165, 1.54) is 25.9 Å². The summed E-state index contributed by atoms with van der Waals surface area (Å²) < 4.78 is 1.70. The lowest BCUT2D eigenvalue weighted by atomic mass is 9.98. The van der Waals surface area contributed by atoms with E-state index in [1.54, 1.807) is 11.0 Å². The van der Waals surface area contributed by atoms with Crippen LogP contribution in [0.15, 0.2) is 24.5 Å². The Bertz CT molecular complexity index is 580. The quantitative estimate of drug-likeness (QED) is 0.927. The van der Waals surface area contributed by atoms with Crippen LogP contribution >= 0.6 is 0 Å². The van der Waals surface area contributed by atoms with Gasteiger partial charge in [-0.2, -0.15) is 0 Å². The molecule has 1 aliphatic heterocycles. The number of tetrazole rings is 1. The Kier molecular flexibility index (Phi) is 4.15. The number of likely N-dealkylation sites (tertiary alicyclic amines) is 1. The molecule has 1 saturated heterocycles. The first-order valence-corrected chi connectivity index (χ1v) is 7.49. The van der Waals surface area contributed by atoms with Gasteiger partial charge in [0.2, 0.25) is 0 Å². The number of benzene rings is 1. The summed E-state index contributed by atoms with van der Waals surface area (Å²) in [4.78, 5) is 2.41. The zero-order valence-electron chi connectivity index (χ0n) is 12.7. The van der Waals surface area contributed by atoms with Crippen molar-refractivity contribution in [3.05, 3.63) is 30.1 Å².